The van der Waals surface area contributed by atoms with Crippen LogP contribution in [0.1, 0.15) is 50.6 Å². The molecule has 0 radical (unpaired) electrons. The number of nitrogens with one attached hydrogen (secondary N) is 1. The maximum atomic E-state index is 12.8. The molecule has 1 aromatic rings. The summed E-state index contributed by atoms with van der Waals surface area (Å²) in [6.45, 7) is 2.76. The lowest BCUT2D eigenvalue weighted by molar-refractivity contribution is -0.127. The van der Waals surface area contributed by atoms with Crippen molar-refractivity contribution in [1.29, 1.82) is 0 Å². The minimum atomic E-state index is -0.325. The molecule has 120 valence electrons. The molecule has 0 spiro atoms. The van der Waals surface area contributed by atoms with E-state index in [0.29, 0.717) is 6.04 Å². The van der Waals surface area contributed by atoms with E-state index in [0.717, 1.165) is 44.2 Å². The van der Waals surface area contributed by atoms with E-state index in [2.05, 4.69) is 10.2 Å². The lowest BCUT2D eigenvalue weighted by Crippen LogP contribution is -2.44. The number of hydrogen-bond acceptors (Lipinski definition) is 3. The van der Waals surface area contributed by atoms with Crippen LogP contribution in [0.25, 0.3) is 0 Å². The van der Waals surface area contributed by atoms with Gasteiger partial charge in [0.25, 0.3) is 0 Å². The van der Waals surface area contributed by atoms with E-state index in [9.17, 15) is 9.90 Å². The van der Waals surface area contributed by atoms with E-state index < -0.39 is 0 Å². The Morgan fingerprint density at radius 1 is 1.32 bits per heavy atom. The minimum absolute atomic E-state index is 0.117. The van der Waals surface area contributed by atoms with Crippen molar-refractivity contribution >= 4 is 5.91 Å². The Morgan fingerprint density at radius 3 is 2.68 bits per heavy atom. The summed E-state index contributed by atoms with van der Waals surface area (Å²) in [6, 6.07) is 10.5. The number of aliphatic hydroxyl groups excluding tert-OH is 1. The van der Waals surface area contributed by atoms with Gasteiger partial charge in [-0.25, -0.2) is 0 Å². The molecular formula is C18H26N2O2. The topological polar surface area (TPSA) is 52.6 Å². The van der Waals surface area contributed by atoms with E-state index in [4.69, 9.17) is 0 Å². The second-order valence-corrected chi connectivity index (χ2v) is 6.71. The molecule has 0 aromatic heterocycles. The second-order valence-electron chi connectivity index (χ2n) is 6.71. The Bertz CT molecular complexity index is 499. The lowest BCUT2D eigenvalue weighted by atomic mass is 10.0. The summed E-state index contributed by atoms with van der Waals surface area (Å²) in [5.41, 5.74) is 1.05. The third-order valence-electron chi connectivity index (χ3n) is 4.65. The summed E-state index contributed by atoms with van der Waals surface area (Å²) in [5.74, 6) is 0.117. The normalized spacial score (nSPS) is 24.9. The van der Waals surface area contributed by atoms with Crippen LogP contribution in [0.3, 0.4) is 0 Å². The summed E-state index contributed by atoms with van der Waals surface area (Å²) in [4.78, 5) is 15.1. The largest absolute Gasteiger partial charge is 0.393 e. The monoisotopic (exact) mass is 302 g/mol. The molecule has 1 saturated carbocycles. The summed E-state index contributed by atoms with van der Waals surface area (Å²) in [5, 5.41) is 12.9. The van der Waals surface area contributed by atoms with Gasteiger partial charge in [0.15, 0.2) is 0 Å². The number of likely N-dealkylation sites (tertiary alicyclic amines) is 1. The van der Waals surface area contributed by atoms with Gasteiger partial charge in [-0.1, -0.05) is 30.3 Å². The highest BCUT2D eigenvalue weighted by Gasteiger charge is 2.37. The summed E-state index contributed by atoms with van der Waals surface area (Å²) < 4.78 is 0. The number of carbonyl (C=O) groups excluding carboxylic acids is 1. The fourth-order valence-electron chi connectivity index (χ4n) is 3.48. The van der Waals surface area contributed by atoms with E-state index in [1.54, 1.807) is 0 Å². The molecule has 22 heavy (non-hydrogen) atoms. The smallest absolute Gasteiger partial charge is 0.242 e. The Kier molecular flexibility index (Phi) is 4.79. The van der Waals surface area contributed by atoms with Crippen LogP contribution in [-0.2, 0) is 4.79 Å². The van der Waals surface area contributed by atoms with Crippen LogP contribution < -0.4 is 5.32 Å². The van der Waals surface area contributed by atoms with Crippen molar-refractivity contribution in [2.45, 2.75) is 63.3 Å². The van der Waals surface area contributed by atoms with Crippen molar-refractivity contribution in [1.82, 2.24) is 10.2 Å². The van der Waals surface area contributed by atoms with Gasteiger partial charge < -0.3 is 10.4 Å². The number of rotatable bonds is 6. The molecule has 1 aliphatic heterocycles. The number of amides is 1. The first-order chi connectivity index (χ1) is 10.6. The molecule has 1 saturated heterocycles. The molecule has 1 amide bonds. The average molecular weight is 302 g/mol. The fraction of sp³-hybridized carbons (Fsp3) is 0.611. The molecule has 1 aliphatic carbocycles. The van der Waals surface area contributed by atoms with Gasteiger partial charge >= 0.3 is 0 Å². The summed E-state index contributed by atoms with van der Waals surface area (Å²) in [7, 11) is 0. The van der Waals surface area contributed by atoms with Crippen molar-refractivity contribution in [3.63, 3.8) is 0 Å². The van der Waals surface area contributed by atoms with Gasteiger partial charge in [0, 0.05) is 12.1 Å². The highest BCUT2D eigenvalue weighted by atomic mass is 16.3. The van der Waals surface area contributed by atoms with Crippen LogP contribution in [-0.4, -0.2) is 40.6 Å². The summed E-state index contributed by atoms with van der Waals surface area (Å²) >= 11 is 0. The molecule has 3 rings (SSSR count). The van der Waals surface area contributed by atoms with Crippen molar-refractivity contribution in [3.8, 4) is 0 Å². The minimum Gasteiger partial charge on any atom is -0.393 e. The van der Waals surface area contributed by atoms with Crippen molar-refractivity contribution in [2.24, 2.45) is 0 Å². The highest BCUT2D eigenvalue weighted by molar-refractivity contribution is 5.83. The van der Waals surface area contributed by atoms with Crippen LogP contribution in [0.4, 0.5) is 0 Å². The first-order valence-corrected chi connectivity index (χ1v) is 8.44. The first kappa shape index (κ1) is 15.5. The SMILES string of the molecule is CC(O)CC1CCCN1C(C(=O)NC1CC1)c1ccccc1. The van der Waals surface area contributed by atoms with Crippen LogP contribution in [0.5, 0.6) is 0 Å². The molecule has 1 aromatic carbocycles. The van der Waals surface area contributed by atoms with Gasteiger partial charge in [-0.2, -0.15) is 0 Å². The van der Waals surface area contributed by atoms with E-state index in [1.807, 2.05) is 37.3 Å². The molecule has 4 nitrogen and oxygen atoms in total. The molecule has 0 bridgehead atoms. The predicted octanol–water partition coefficient (Wildman–Crippen LogP) is 2.24. The second kappa shape index (κ2) is 6.80. The number of nitrogens with zero attached hydrogens (tertiary/aromatic N) is 1. The van der Waals surface area contributed by atoms with Gasteiger partial charge in [0.2, 0.25) is 5.91 Å². The van der Waals surface area contributed by atoms with Crippen LogP contribution in [0.15, 0.2) is 30.3 Å². The molecule has 2 aliphatic rings. The maximum Gasteiger partial charge on any atom is 0.242 e. The van der Waals surface area contributed by atoms with E-state index in [-0.39, 0.29) is 24.1 Å². The van der Waals surface area contributed by atoms with E-state index >= 15 is 0 Å². The quantitative estimate of drug-likeness (QED) is 0.847. The predicted molar refractivity (Wildman–Crippen MR) is 86.4 cm³/mol. The number of aliphatic hydroxyl groups is 1. The van der Waals surface area contributed by atoms with Gasteiger partial charge in [0.1, 0.15) is 6.04 Å². The number of carbonyl (C=O) groups is 1. The molecule has 4 heteroatoms. The van der Waals surface area contributed by atoms with Crippen LogP contribution >= 0.6 is 0 Å². The number of benzene rings is 1. The molecule has 1 heterocycles. The van der Waals surface area contributed by atoms with Gasteiger partial charge in [-0.3, -0.25) is 9.69 Å². The van der Waals surface area contributed by atoms with Gasteiger partial charge in [-0.05, 0) is 51.1 Å². The van der Waals surface area contributed by atoms with Gasteiger partial charge in [-0.15, -0.1) is 0 Å². The average Bonchev–Trinajstić information content (AvgIpc) is 3.19. The van der Waals surface area contributed by atoms with Gasteiger partial charge in [0.05, 0.1) is 6.10 Å². The zero-order valence-corrected chi connectivity index (χ0v) is 13.2. The van der Waals surface area contributed by atoms with Crippen molar-refractivity contribution in [3.05, 3.63) is 35.9 Å². The third kappa shape index (κ3) is 3.68. The molecule has 3 unspecified atom stereocenters. The third-order valence-corrected chi connectivity index (χ3v) is 4.65. The Labute approximate surface area is 132 Å². The Hall–Kier alpha value is -1.39. The van der Waals surface area contributed by atoms with Crippen molar-refractivity contribution in [2.75, 3.05) is 6.54 Å². The number of hydrogen-bond donors (Lipinski definition) is 2. The van der Waals surface area contributed by atoms with E-state index in [1.165, 1.54) is 0 Å². The maximum absolute atomic E-state index is 12.8. The fourth-order valence-corrected chi connectivity index (χ4v) is 3.48. The lowest BCUT2D eigenvalue weighted by Gasteiger charge is -2.33. The van der Waals surface area contributed by atoms with Crippen LogP contribution in [0, 0.1) is 0 Å². The zero-order chi connectivity index (χ0) is 15.5. The Balaban J connectivity index is 1.82. The standard InChI is InChI=1S/C18H26N2O2/c1-13(21)12-16-8-5-11-20(16)17(14-6-3-2-4-7-14)18(22)19-15-9-10-15/h2-4,6-7,13,15-17,21H,5,8-12H2,1H3,(H,19,22). The van der Waals surface area contributed by atoms with Crippen LogP contribution in [0.2, 0.25) is 0 Å². The van der Waals surface area contributed by atoms with Crippen molar-refractivity contribution < 1.29 is 9.90 Å². The molecule has 2 fully saturated rings. The highest BCUT2D eigenvalue weighted by Crippen LogP contribution is 2.32. The first-order valence-electron chi connectivity index (χ1n) is 8.44. The molecule has 2 N–H and O–H groups in total. The molecular weight excluding hydrogens is 276 g/mol. The molecule has 3 atom stereocenters. The summed E-state index contributed by atoms with van der Waals surface area (Å²) in [6.07, 6.45) is 4.77. The Morgan fingerprint density at radius 2 is 2.05 bits per heavy atom. The zero-order valence-electron chi connectivity index (χ0n) is 13.2.